The number of hydrogen-bond donors (Lipinski definition) is 2. The number of aryl methyl sites for hydroxylation is 2. The molecule has 110 valence electrons. The van der Waals surface area contributed by atoms with Gasteiger partial charge in [0, 0.05) is 24.4 Å². The average Bonchev–Trinajstić information content (AvgIpc) is 2.60. The monoisotopic (exact) mass is 279 g/mol. The molecule has 0 aromatic carbocycles. The van der Waals surface area contributed by atoms with Gasteiger partial charge in [-0.25, -0.2) is 4.79 Å². The second kappa shape index (κ2) is 6.88. The van der Waals surface area contributed by atoms with Crippen molar-refractivity contribution in [3.05, 3.63) is 23.0 Å². The molecule has 1 atom stereocenters. The van der Waals surface area contributed by atoms with Gasteiger partial charge in [-0.3, -0.25) is 9.48 Å². The minimum absolute atomic E-state index is 0.409. The number of carboxylic acids is 1. The standard InChI is InChI=1S/C14H21N3O3/c1-5-6-12(14(19)20)15-13(18)8-7-11-9(2)16-17(4)10(11)3/h7-8,12H,5-6H2,1-4H3,(H,15,18)(H,19,20)/b8-7+. The lowest BCUT2D eigenvalue weighted by Crippen LogP contribution is -2.39. The Hall–Kier alpha value is -2.11. The van der Waals surface area contributed by atoms with E-state index >= 15 is 0 Å². The van der Waals surface area contributed by atoms with Crippen LogP contribution in [-0.2, 0) is 16.6 Å². The summed E-state index contributed by atoms with van der Waals surface area (Å²) in [6.07, 6.45) is 4.13. The molecular weight excluding hydrogens is 258 g/mol. The lowest BCUT2D eigenvalue weighted by Gasteiger charge is -2.11. The molecule has 6 heteroatoms. The molecule has 0 spiro atoms. The van der Waals surface area contributed by atoms with Crippen molar-refractivity contribution in [1.82, 2.24) is 15.1 Å². The molecule has 1 aromatic rings. The van der Waals surface area contributed by atoms with Gasteiger partial charge >= 0.3 is 5.97 Å². The Morgan fingerprint density at radius 3 is 2.55 bits per heavy atom. The Bertz CT molecular complexity index is 532. The molecule has 1 unspecified atom stereocenters. The van der Waals surface area contributed by atoms with Crippen LogP contribution in [0.3, 0.4) is 0 Å². The summed E-state index contributed by atoms with van der Waals surface area (Å²) in [5.74, 6) is -1.42. The van der Waals surface area contributed by atoms with Gasteiger partial charge in [-0.05, 0) is 26.3 Å². The fourth-order valence-corrected chi connectivity index (χ4v) is 1.96. The van der Waals surface area contributed by atoms with E-state index in [2.05, 4.69) is 10.4 Å². The van der Waals surface area contributed by atoms with Gasteiger partial charge < -0.3 is 10.4 Å². The Labute approximate surface area is 118 Å². The minimum Gasteiger partial charge on any atom is -0.480 e. The molecule has 0 saturated carbocycles. The molecule has 1 heterocycles. The lowest BCUT2D eigenvalue weighted by molar-refractivity contribution is -0.141. The van der Waals surface area contributed by atoms with E-state index in [1.54, 1.807) is 10.8 Å². The number of aromatic nitrogens is 2. The summed E-state index contributed by atoms with van der Waals surface area (Å²) in [6, 6.07) is -0.840. The van der Waals surface area contributed by atoms with Crippen LogP contribution >= 0.6 is 0 Å². The molecule has 0 fully saturated rings. The van der Waals surface area contributed by atoms with Crippen molar-refractivity contribution in [3.8, 4) is 0 Å². The van der Waals surface area contributed by atoms with Crippen molar-refractivity contribution in [1.29, 1.82) is 0 Å². The number of nitrogens with zero attached hydrogens (tertiary/aromatic N) is 2. The quantitative estimate of drug-likeness (QED) is 0.771. The van der Waals surface area contributed by atoms with Gasteiger partial charge in [-0.1, -0.05) is 13.3 Å². The van der Waals surface area contributed by atoms with E-state index < -0.39 is 17.9 Å². The number of aliphatic carboxylic acids is 1. The van der Waals surface area contributed by atoms with Crippen LogP contribution in [0.25, 0.3) is 6.08 Å². The first kappa shape index (κ1) is 15.9. The zero-order chi connectivity index (χ0) is 15.3. The molecule has 2 N–H and O–H groups in total. The Morgan fingerprint density at radius 1 is 1.45 bits per heavy atom. The van der Waals surface area contributed by atoms with E-state index in [0.717, 1.165) is 17.0 Å². The van der Waals surface area contributed by atoms with E-state index in [4.69, 9.17) is 5.11 Å². The first-order valence-electron chi connectivity index (χ1n) is 6.58. The van der Waals surface area contributed by atoms with Crippen molar-refractivity contribution < 1.29 is 14.7 Å². The zero-order valence-corrected chi connectivity index (χ0v) is 12.3. The zero-order valence-electron chi connectivity index (χ0n) is 12.3. The Balaban J connectivity index is 2.74. The number of carbonyl (C=O) groups is 2. The first-order chi connectivity index (χ1) is 9.36. The van der Waals surface area contributed by atoms with Crippen LogP contribution in [-0.4, -0.2) is 32.8 Å². The summed E-state index contributed by atoms with van der Waals surface area (Å²) in [5.41, 5.74) is 2.66. The van der Waals surface area contributed by atoms with Crippen molar-refractivity contribution in [2.24, 2.45) is 7.05 Å². The van der Waals surface area contributed by atoms with Crippen molar-refractivity contribution >= 4 is 18.0 Å². The largest absolute Gasteiger partial charge is 0.480 e. The topological polar surface area (TPSA) is 84.2 Å². The van der Waals surface area contributed by atoms with Gasteiger partial charge in [0.25, 0.3) is 0 Å². The van der Waals surface area contributed by atoms with E-state index in [1.165, 1.54) is 6.08 Å². The highest BCUT2D eigenvalue weighted by atomic mass is 16.4. The summed E-state index contributed by atoms with van der Waals surface area (Å²) >= 11 is 0. The molecule has 0 saturated heterocycles. The third kappa shape index (κ3) is 3.94. The molecule has 0 aliphatic heterocycles. The van der Waals surface area contributed by atoms with E-state index in [0.29, 0.717) is 12.8 Å². The molecule has 1 aromatic heterocycles. The van der Waals surface area contributed by atoms with Crippen molar-refractivity contribution in [3.63, 3.8) is 0 Å². The fourth-order valence-electron chi connectivity index (χ4n) is 1.96. The maximum absolute atomic E-state index is 11.7. The van der Waals surface area contributed by atoms with Crippen molar-refractivity contribution in [2.45, 2.75) is 39.7 Å². The van der Waals surface area contributed by atoms with Crippen LogP contribution in [0, 0.1) is 13.8 Å². The number of carbonyl (C=O) groups excluding carboxylic acids is 1. The molecule has 0 radical (unpaired) electrons. The van der Waals surface area contributed by atoms with Crippen LogP contribution in [0.1, 0.15) is 36.7 Å². The predicted molar refractivity (Wildman–Crippen MR) is 76.2 cm³/mol. The third-order valence-electron chi connectivity index (χ3n) is 3.16. The Kier molecular flexibility index (Phi) is 5.49. The van der Waals surface area contributed by atoms with Gasteiger partial charge in [0.2, 0.25) is 5.91 Å². The molecular formula is C14H21N3O3. The number of amides is 1. The molecule has 0 bridgehead atoms. The highest BCUT2D eigenvalue weighted by molar-refractivity contribution is 5.94. The fraction of sp³-hybridized carbons (Fsp3) is 0.500. The van der Waals surface area contributed by atoms with E-state index in [-0.39, 0.29) is 0 Å². The molecule has 6 nitrogen and oxygen atoms in total. The normalized spacial score (nSPS) is 12.6. The van der Waals surface area contributed by atoms with Gasteiger partial charge in [-0.2, -0.15) is 5.10 Å². The van der Waals surface area contributed by atoms with Gasteiger partial charge in [0.1, 0.15) is 6.04 Å². The highest BCUT2D eigenvalue weighted by Crippen LogP contribution is 2.13. The van der Waals surface area contributed by atoms with E-state index in [9.17, 15) is 9.59 Å². The summed E-state index contributed by atoms with van der Waals surface area (Å²) < 4.78 is 1.74. The maximum atomic E-state index is 11.7. The molecule has 1 rings (SSSR count). The summed E-state index contributed by atoms with van der Waals surface area (Å²) in [5, 5.41) is 15.7. The number of carboxylic acid groups (broad SMARTS) is 1. The molecule has 0 aliphatic rings. The smallest absolute Gasteiger partial charge is 0.326 e. The highest BCUT2D eigenvalue weighted by Gasteiger charge is 2.17. The second-order valence-corrected chi connectivity index (χ2v) is 4.73. The van der Waals surface area contributed by atoms with Gasteiger partial charge in [-0.15, -0.1) is 0 Å². The first-order valence-corrected chi connectivity index (χ1v) is 6.58. The van der Waals surface area contributed by atoms with Gasteiger partial charge in [0.05, 0.1) is 5.69 Å². The third-order valence-corrected chi connectivity index (χ3v) is 3.16. The number of rotatable bonds is 6. The lowest BCUT2D eigenvalue weighted by atomic mass is 10.1. The molecule has 1 amide bonds. The van der Waals surface area contributed by atoms with E-state index in [1.807, 2.05) is 27.8 Å². The van der Waals surface area contributed by atoms with Crippen LogP contribution < -0.4 is 5.32 Å². The minimum atomic E-state index is -1.01. The van der Waals surface area contributed by atoms with Crippen LogP contribution in [0.4, 0.5) is 0 Å². The Morgan fingerprint density at radius 2 is 2.10 bits per heavy atom. The molecule has 0 aliphatic carbocycles. The summed E-state index contributed by atoms with van der Waals surface area (Å²) in [6.45, 7) is 5.65. The summed E-state index contributed by atoms with van der Waals surface area (Å²) in [4.78, 5) is 22.7. The number of hydrogen-bond acceptors (Lipinski definition) is 3. The average molecular weight is 279 g/mol. The van der Waals surface area contributed by atoms with Crippen LogP contribution in [0.15, 0.2) is 6.08 Å². The predicted octanol–water partition coefficient (Wildman–Crippen LogP) is 1.42. The number of nitrogens with one attached hydrogen (secondary N) is 1. The SMILES string of the molecule is CCCC(NC(=O)/C=C/c1c(C)nn(C)c1C)C(=O)O. The van der Waals surface area contributed by atoms with Crippen LogP contribution in [0.5, 0.6) is 0 Å². The second-order valence-electron chi connectivity index (χ2n) is 4.73. The molecule has 20 heavy (non-hydrogen) atoms. The van der Waals surface area contributed by atoms with Gasteiger partial charge in [0.15, 0.2) is 0 Å². The van der Waals surface area contributed by atoms with Crippen LogP contribution in [0.2, 0.25) is 0 Å². The summed E-state index contributed by atoms with van der Waals surface area (Å²) in [7, 11) is 1.83. The maximum Gasteiger partial charge on any atom is 0.326 e. The van der Waals surface area contributed by atoms with Crippen molar-refractivity contribution in [2.75, 3.05) is 0 Å².